The number of nitrogens with zero attached hydrogens (tertiary/aromatic N) is 5. The first-order chi connectivity index (χ1) is 35.5. The van der Waals surface area contributed by atoms with Crippen LogP contribution in [0.4, 0.5) is 34.3 Å². The summed E-state index contributed by atoms with van der Waals surface area (Å²) >= 11 is 0. The lowest BCUT2D eigenvalue weighted by Gasteiger charge is -2.42. The van der Waals surface area contributed by atoms with Crippen LogP contribution in [0.15, 0.2) is 176 Å². The maximum Gasteiger partial charge on any atom is 0.181 e. The van der Waals surface area contributed by atoms with Gasteiger partial charge in [-0.15, -0.1) is 0 Å². The second-order valence-corrected chi connectivity index (χ2v) is 22.7. The first kappa shape index (κ1) is 43.8. The van der Waals surface area contributed by atoms with E-state index in [1.54, 1.807) is 0 Å². The standard InChI is InChI=1S/C67H59N5O/c1-65(2)35-36-66(3,4)55-39-43(30-32-54(55)65)49-34-38-69-64-60(49)52-25-10-12-27-57(52)71(64)46-21-14-19-44(40-46)70(56-28-13-18-42-17-7-8-23-48(42)56)45-20-15-22-47(41-45)72-62-58(73-59-29-16-37-68-63(59)72)33-31-51-50-24-9-11-26-53(50)67(5,6)61(51)62/h9-16,18-22,24-34,37-41H,7-8,17,23,35-36H2,1-6H3. The van der Waals surface area contributed by atoms with Gasteiger partial charge >= 0.3 is 0 Å². The summed E-state index contributed by atoms with van der Waals surface area (Å²) in [5.74, 6) is 2.34. The van der Waals surface area contributed by atoms with Gasteiger partial charge in [-0.2, -0.15) is 0 Å². The fourth-order valence-electron chi connectivity index (χ4n) is 13.3. The van der Waals surface area contributed by atoms with Crippen LogP contribution in [0.25, 0.3) is 49.9 Å². The summed E-state index contributed by atoms with van der Waals surface area (Å²) in [4.78, 5) is 15.2. The van der Waals surface area contributed by atoms with E-state index in [0.29, 0.717) is 0 Å². The average molecular weight is 950 g/mol. The molecule has 6 nitrogen and oxygen atoms in total. The van der Waals surface area contributed by atoms with Gasteiger partial charge in [0.2, 0.25) is 0 Å². The van der Waals surface area contributed by atoms with Crippen LogP contribution < -0.4 is 14.5 Å². The van der Waals surface area contributed by atoms with Crippen molar-refractivity contribution in [3.8, 4) is 39.4 Å². The highest BCUT2D eigenvalue weighted by Crippen LogP contribution is 2.60. The molecule has 0 bridgehead atoms. The number of anilines is 6. The lowest BCUT2D eigenvalue weighted by atomic mass is 9.63. The van der Waals surface area contributed by atoms with Gasteiger partial charge in [-0.25, -0.2) is 9.97 Å². The third-order valence-corrected chi connectivity index (χ3v) is 17.1. The Bertz CT molecular complexity index is 3910. The van der Waals surface area contributed by atoms with Crippen molar-refractivity contribution in [3.63, 3.8) is 0 Å². The van der Waals surface area contributed by atoms with E-state index in [1.165, 1.54) is 97.8 Å². The maximum absolute atomic E-state index is 6.78. The van der Waals surface area contributed by atoms with Crippen LogP contribution in [-0.4, -0.2) is 14.5 Å². The van der Waals surface area contributed by atoms with Crippen molar-refractivity contribution in [2.24, 2.45) is 0 Å². The number of hydrogen-bond donors (Lipinski definition) is 0. The van der Waals surface area contributed by atoms with E-state index >= 15 is 0 Å². The van der Waals surface area contributed by atoms with Crippen molar-refractivity contribution in [1.29, 1.82) is 0 Å². The number of aromatic nitrogens is 3. The Hall–Kier alpha value is -7.96. The van der Waals surface area contributed by atoms with Gasteiger partial charge in [-0.05, 0) is 178 Å². The molecule has 1 aliphatic heterocycles. The van der Waals surface area contributed by atoms with E-state index in [0.717, 1.165) is 69.8 Å². The molecular formula is C67H59N5O. The molecule has 0 N–H and O–H groups in total. The zero-order chi connectivity index (χ0) is 49.4. The Morgan fingerprint density at radius 2 is 1.30 bits per heavy atom. The van der Waals surface area contributed by atoms with Gasteiger partial charge in [0, 0.05) is 57.0 Å². The van der Waals surface area contributed by atoms with Crippen molar-refractivity contribution in [3.05, 3.63) is 210 Å². The highest BCUT2D eigenvalue weighted by Gasteiger charge is 2.43. The van der Waals surface area contributed by atoms with E-state index in [4.69, 9.17) is 14.7 Å². The topological polar surface area (TPSA) is 46.4 Å². The van der Waals surface area contributed by atoms with Crippen LogP contribution in [0.2, 0.25) is 0 Å². The van der Waals surface area contributed by atoms with Crippen LogP contribution in [0, 0.1) is 0 Å². The monoisotopic (exact) mass is 949 g/mol. The van der Waals surface area contributed by atoms with E-state index in [1.807, 2.05) is 24.5 Å². The lowest BCUT2D eigenvalue weighted by Crippen LogP contribution is -2.33. The van der Waals surface area contributed by atoms with E-state index in [2.05, 4.69) is 208 Å². The molecule has 0 atom stereocenters. The highest BCUT2D eigenvalue weighted by atomic mass is 16.5. The third-order valence-electron chi connectivity index (χ3n) is 17.1. The molecule has 0 amide bonds. The van der Waals surface area contributed by atoms with E-state index in [-0.39, 0.29) is 16.2 Å². The number of ether oxygens (including phenoxy) is 1. The second kappa shape index (κ2) is 16.0. The molecule has 3 aromatic heterocycles. The number of fused-ring (bicyclic) bond motifs is 11. The Morgan fingerprint density at radius 1 is 0.548 bits per heavy atom. The number of hydrogen-bond acceptors (Lipinski definition) is 5. The fraction of sp³-hybridized carbons (Fsp3) is 0.224. The first-order valence-corrected chi connectivity index (χ1v) is 26.3. The molecule has 4 heterocycles. The van der Waals surface area contributed by atoms with Gasteiger partial charge in [-0.1, -0.05) is 133 Å². The molecule has 3 aliphatic carbocycles. The maximum atomic E-state index is 6.78. The number of aryl methyl sites for hydroxylation is 1. The number of benzene rings is 7. The van der Waals surface area contributed by atoms with E-state index in [9.17, 15) is 0 Å². The van der Waals surface area contributed by atoms with Gasteiger partial charge in [0.1, 0.15) is 5.65 Å². The molecule has 0 saturated carbocycles. The number of rotatable bonds is 6. The van der Waals surface area contributed by atoms with Crippen LogP contribution in [-0.2, 0) is 29.1 Å². The molecule has 0 radical (unpaired) electrons. The molecule has 6 heteroatoms. The molecule has 73 heavy (non-hydrogen) atoms. The van der Waals surface area contributed by atoms with Crippen molar-refractivity contribution >= 4 is 56.2 Å². The normalized spacial score (nSPS) is 16.4. The average Bonchev–Trinajstić information content (AvgIpc) is 3.88. The van der Waals surface area contributed by atoms with Crippen molar-refractivity contribution in [2.45, 2.75) is 96.3 Å². The van der Waals surface area contributed by atoms with Crippen LogP contribution in [0.1, 0.15) is 101 Å². The fourth-order valence-corrected chi connectivity index (χ4v) is 13.3. The smallest absolute Gasteiger partial charge is 0.181 e. The summed E-state index contributed by atoms with van der Waals surface area (Å²) in [6.07, 6.45) is 10.7. The molecule has 0 saturated heterocycles. The molecule has 14 rings (SSSR count). The molecule has 7 aromatic carbocycles. The Morgan fingerprint density at radius 3 is 2.16 bits per heavy atom. The molecule has 10 aromatic rings. The highest BCUT2D eigenvalue weighted by molar-refractivity contribution is 6.14. The molecule has 0 unspecified atom stereocenters. The number of para-hydroxylation sites is 1. The Balaban J connectivity index is 0.953. The molecule has 4 aliphatic rings. The van der Waals surface area contributed by atoms with Gasteiger partial charge in [0.05, 0.1) is 11.2 Å². The summed E-state index contributed by atoms with van der Waals surface area (Å²) in [7, 11) is 0. The summed E-state index contributed by atoms with van der Waals surface area (Å²) in [5.41, 5.74) is 21.8. The molecular weight excluding hydrogens is 891 g/mol. The first-order valence-electron chi connectivity index (χ1n) is 26.3. The van der Waals surface area contributed by atoms with Crippen molar-refractivity contribution in [1.82, 2.24) is 14.5 Å². The quantitative estimate of drug-likeness (QED) is 0.166. The summed E-state index contributed by atoms with van der Waals surface area (Å²) in [6, 6.07) is 60.6. The minimum atomic E-state index is -0.282. The van der Waals surface area contributed by atoms with Gasteiger partial charge in [-0.3, -0.25) is 9.47 Å². The Kier molecular flexibility index (Phi) is 9.61. The SMILES string of the molecule is CC1(C)CCC(C)(C)c2cc(-c3ccnc4c3c3ccccc3n4-c3cccc(N(c4cccc(N5c6ncccc6Oc6ccc7c(c65)C(C)(C)c5ccccc5-7)c4)c4cccc5c4CCCC5)c3)ccc21. The van der Waals surface area contributed by atoms with Gasteiger partial charge in [0.25, 0.3) is 0 Å². The van der Waals surface area contributed by atoms with Gasteiger partial charge in [0.15, 0.2) is 17.3 Å². The largest absolute Gasteiger partial charge is 0.451 e. The van der Waals surface area contributed by atoms with E-state index < -0.39 is 0 Å². The zero-order valence-electron chi connectivity index (χ0n) is 42.6. The zero-order valence-corrected chi connectivity index (χ0v) is 42.6. The summed E-state index contributed by atoms with van der Waals surface area (Å²) < 4.78 is 9.16. The molecule has 0 spiro atoms. The minimum absolute atomic E-state index is 0.0996. The van der Waals surface area contributed by atoms with Gasteiger partial charge < -0.3 is 9.64 Å². The predicted octanol–water partition coefficient (Wildman–Crippen LogP) is 17.8. The van der Waals surface area contributed by atoms with Crippen molar-refractivity contribution < 1.29 is 4.74 Å². The third kappa shape index (κ3) is 6.61. The number of pyridine rings is 2. The second-order valence-electron chi connectivity index (χ2n) is 22.7. The van der Waals surface area contributed by atoms with Crippen molar-refractivity contribution in [2.75, 3.05) is 9.80 Å². The lowest BCUT2D eigenvalue weighted by molar-refractivity contribution is 0.332. The molecule has 0 fully saturated rings. The summed E-state index contributed by atoms with van der Waals surface area (Å²) in [6.45, 7) is 14.3. The van der Waals surface area contributed by atoms with Crippen LogP contribution >= 0.6 is 0 Å². The van der Waals surface area contributed by atoms with Crippen LogP contribution in [0.5, 0.6) is 11.5 Å². The minimum Gasteiger partial charge on any atom is -0.451 e. The predicted molar refractivity (Wildman–Crippen MR) is 301 cm³/mol. The molecule has 358 valence electrons. The van der Waals surface area contributed by atoms with Crippen LogP contribution in [0.3, 0.4) is 0 Å². The summed E-state index contributed by atoms with van der Waals surface area (Å²) in [5, 5.41) is 2.37. The Labute approximate surface area is 428 Å².